The van der Waals surface area contributed by atoms with E-state index in [1.54, 1.807) is 66.2 Å². The van der Waals surface area contributed by atoms with Crippen molar-refractivity contribution in [1.29, 1.82) is 0 Å². The molecule has 5 rings (SSSR count). The number of pyridine rings is 1. The van der Waals surface area contributed by atoms with Gasteiger partial charge in [-0.15, -0.1) is 0 Å². The Labute approximate surface area is 185 Å². The Bertz CT molecular complexity index is 1470. The molecule has 0 amide bonds. The number of hydrogen-bond acceptors (Lipinski definition) is 7. The zero-order valence-corrected chi connectivity index (χ0v) is 18.7. The van der Waals surface area contributed by atoms with Crippen LogP contribution in [0.2, 0.25) is 0 Å². The molecule has 1 aliphatic rings. The van der Waals surface area contributed by atoms with Gasteiger partial charge in [-0.05, 0) is 44.1 Å². The second-order valence-electron chi connectivity index (χ2n) is 8.15. The molecule has 32 heavy (non-hydrogen) atoms. The van der Waals surface area contributed by atoms with Crippen molar-refractivity contribution >= 4 is 37.9 Å². The van der Waals surface area contributed by atoms with Gasteiger partial charge in [0, 0.05) is 31.7 Å². The van der Waals surface area contributed by atoms with Crippen molar-refractivity contribution in [3.8, 4) is 0 Å². The molecular formula is C22H24N6O3S. The Morgan fingerprint density at radius 2 is 1.81 bits per heavy atom. The average molecular weight is 453 g/mol. The molecule has 4 aromatic rings. The quantitative estimate of drug-likeness (QED) is 0.505. The third-order valence-corrected chi connectivity index (χ3v) is 7.59. The van der Waals surface area contributed by atoms with E-state index in [0.717, 1.165) is 25.9 Å². The molecule has 0 atom stereocenters. The van der Waals surface area contributed by atoms with Crippen molar-refractivity contribution < 1.29 is 8.42 Å². The number of piperidine rings is 1. The first-order chi connectivity index (χ1) is 15.4. The zero-order chi connectivity index (χ0) is 22.5. The van der Waals surface area contributed by atoms with Crippen LogP contribution in [-0.4, -0.2) is 54.1 Å². The highest BCUT2D eigenvalue weighted by Gasteiger charge is 2.26. The molecular weight excluding hydrogens is 428 g/mol. The number of fused-ring (bicyclic) bond motifs is 3. The van der Waals surface area contributed by atoms with Crippen LogP contribution in [0.5, 0.6) is 0 Å². The maximum atomic E-state index is 13.5. The van der Waals surface area contributed by atoms with Crippen LogP contribution in [-0.2, 0) is 10.0 Å². The molecule has 1 saturated heterocycles. The van der Waals surface area contributed by atoms with E-state index in [-0.39, 0.29) is 22.1 Å². The predicted octanol–water partition coefficient (Wildman–Crippen LogP) is 1.97. The SMILES string of the molecule is CN(C)c1nc2cnc3c(ccn3S(=O)(=O)c3ccccc3)c2n(C2CCNCC2)c1=O. The molecule has 10 heteroatoms. The van der Waals surface area contributed by atoms with Crippen LogP contribution in [0, 0.1) is 0 Å². The van der Waals surface area contributed by atoms with E-state index in [2.05, 4.69) is 15.3 Å². The lowest BCUT2D eigenvalue weighted by Gasteiger charge is -2.27. The Balaban J connectivity index is 1.82. The molecule has 1 fully saturated rings. The van der Waals surface area contributed by atoms with Crippen molar-refractivity contribution in [3.63, 3.8) is 0 Å². The molecule has 4 heterocycles. The topological polar surface area (TPSA) is 102 Å². The van der Waals surface area contributed by atoms with E-state index in [1.807, 2.05) is 0 Å². The van der Waals surface area contributed by atoms with Gasteiger partial charge in [0.25, 0.3) is 15.6 Å². The van der Waals surface area contributed by atoms with Gasteiger partial charge in [-0.3, -0.25) is 9.36 Å². The Morgan fingerprint density at radius 3 is 2.50 bits per heavy atom. The van der Waals surface area contributed by atoms with Crippen molar-refractivity contribution in [2.24, 2.45) is 0 Å². The summed E-state index contributed by atoms with van der Waals surface area (Å²) < 4.78 is 29.5. The fraction of sp³-hybridized carbons (Fsp3) is 0.318. The van der Waals surface area contributed by atoms with Gasteiger partial charge in [0.15, 0.2) is 11.5 Å². The third kappa shape index (κ3) is 3.18. The smallest absolute Gasteiger partial charge is 0.294 e. The summed E-state index contributed by atoms with van der Waals surface area (Å²) in [6.07, 6.45) is 4.66. The van der Waals surface area contributed by atoms with Crippen LogP contribution in [0.25, 0.3) is 22.1 Å². The standard InChI is InChI=1S/C22H24N6O3S/c1-26(2)21-22(29)28(15-8-11-23-12-9-15)19-17-10-13-27(20(17)24-14-18(19)25-21)32(30,31)16-6-4-3-5-7-16/h3-7,10,13-15,23H,8-9,11-12H2,1-2H3. The van der Waals surface area contributed by atoms with Gasteiger partial charge in [-0.1, -0.05) is 18.2 Å². The molecule has 0 bridgehead atoms. The number of benzene rings is 1. The summed E-state index contributed by atoms with van der Waals surface area (Å²) in [7, 11) is -0.254. The van der Waals surface area contributed by atoms with Gasteiger partial charge < -0.3 is 10.2 Å². The molecule has 3 aromatic heterocycles. The number of nitrogens with one attached hydrogen (secondary N) is 1. The predicted molar refractivity (Wildman–Crippen MR) is 124 cm³/mol. The summed E-state index contributed by atoms with van der Waals surface area (Å²) in [5.74, 6) is 0.341. The van der Waals surface area contributed by atoms with Crippen LogP contribution in [0.4, 0.5) is 5.82 Å². The first kappa shape index (κ1) is 20.7. The summed E-state index contributed by atoms with van der Waals surface area (Å²) in [6, 6.07) is 9.94. The summed E-state index contributed by atoms with van der Waals surface area (Å²) in [5, 5.41) is 3.92. The van der Waals surface area contributed by atoms with E-state index in [1.165, 1.54) is 10.2 Å². The summed E-state index contributed by atoms with van der Waals surface area (Å²) >= 11 is 0. The van der Waals surface area contributed by atoms with Gasteiger partial charge in [0.05, 0.1) is 16.6 Å². The number of aromatic nitrogens is 4. The highest BCUT2D eigenvalue weighted by Crippen LogP contribution is 2.30. The minimum Gasteiger partial charge on any atom is -0.358 e. The van der Waals surface area contributed by atoms with Crippen LogP contribution in [0.15, 0.2) is 58.5 Å². The highest BCUT2D eigenvalue weighted by molar-refractivity contribution is 7.90. The summed E-state index contributed by atoms with van der Waals surface area (Å²) in [6.45, 7) is 1.63. The van der Waals surface area contributed by atoms with Gasteiger partial charge in [0.2, 0.25) is 0 Å². The fourth-order valence-electron chi connectivity index (χ4n) is 4.35. The fourth-order valence-corrected chi connectivity index (χ4v) is 5.67. The number of rotatable bonds is 4. The van der Waals surface area contributed by atoms with Crippen LogP contribution < -0.4 is 15.8 Å². The molecule has 0 saturated carbocycles. The van der Waals surface area contributed by atoms with E-state index < -0.39 is 10.0 Å². The maximum Gasteiger partial charge on any atom is 0.294 e. The van der Waals surface area contributed by atoms with Crippen LogP contribution in [0.1, 0.15) is 18.9 Å². The maximum absolute atomic E-state index is 13.5. The third-order valence-electron chi connectivity index (χ3n) is 5.91. The van der Waals surface area contributed by atoms with Gasteiger partial charge in [-0.2, -0.15) is 0 Å². The second kappa shape index (κ2) is 7.72. The van der Waals surface area contributed by atoms with Crippen molar-refractivity contribution in [2.45, 2.75) is 23.8 Å². The van der Waals surface area contributed by atoms with Gasteiger partial charge >= 0.3 is 0 Å². The number of anilines is 1. The molecule has 1 N–H and O–H groups in total. The van der Waals surface area contributed by atoms with Crippen LogP contribution in [0.3, 0.4) is 0 Å². The molecule has 0 radical (unpaired) electrons. The Hall–Kier alpha value is -3.24. The van der Waals surface area contributed by atoms with Gasteiger partial charge in [0.1, 0.15) is 5.52 Å². The van der Waals surface area contributed by atoms with E-state index in [4.69, 9.17) is 0 Å². The van der Waals surface area contributed by atoms with Crippen molar-refractivity contribution in [3.05, 3.63) is 59.1 Å². The number of hydrogen-bond donors (Lipinski definition) is 1. The van der Waals surface area contributed by atoms with Crippen LogP contribution >= 0.6 is 0 Å². The minimum absolute atomic E-state index is 0.00682. The summed E-state index contributed by atoms with van der Waals surface area (Å²) in [4.78, 5) is 24.4. The molecule has 1 aromatic carbocycles. The molecule has 1 aliphatic heterocycles. The first-order valence-corrected chi connectivity index (χ1v) is 11.9. The second-order valence-corrected chi connectivity index (χ2v) is 9.96. The lowest BCUT2D eigenvalue weighted by molar-refractivity contribution is 0.369. The van der Waals surface area contributed by atoms with Gasteiger partial charge in [-0.25, -0.2) is 22.4 Å². The number of nitrogens with zero attached hydrogens (tertiary/aromatic N) is 5. The Morgan fingerprint density at radius 1 is 1.09 bits per heavy atom. The van der Waals surface area contributed by atoms with E-state index in [9.17, 15) is 13.2 Å². The Kier molecular flexibility index (Phi) is 4.98. The lowest BCUT2D eigenvalue weighted by Crippen LogP contribution is -2.37. The largest absolute Gasteiger partial charge is 0.358 e. The lowest BCUT2D eigenvalue weighted by atomic mass is 10.1. The normalized spacial score (nSPS) is 15.4. The average Bonchev–Trinajstić information content (AvgIpc) is 3.25. The minimum atomic E-state index is -3.83. The molecule has 0 unspecified atom stereocenters. The summed E-state index contributed by atoms with van der Waals surface area (Å²) in [5.41, 5.74) is 1.29. The monoisotopic (exact) mass is 452 g/mol. The molecule has 0 aliphatic carbocycles. The first-order valence-electron chi connectivity index (χ1n) is 10.5. The van der Waals surface area contributed by atoms with E-state index in [0.29, 0.717) is 22.2 Å². The van der Waals surface area contributed by atoms with Crippen molar-refractivity contribution in [1.82, 2.24) is 23.8 Å². The highest BCUT2D eigenvalue weighted by atomic mass is 32.2. The molecule has 166 valence electrons. The zero-order valence-electron chi connectivity index (χ0n) is 17.9. The van der Waals surface area contributed by atoms with Crippen molar-refractivity contribution in [2.75, 3.05) is 32.1 Å². The molecule has 9 nitrogen and oxygen atoms in total. The molecule has 0 spiro atoms. The van der Waals surface area contributed by atoms with E-state index >= 15 is 0 Å².